The van der Waals surface area contributed by atoms with Crippen molar-refractivity contribution in [2.24, 2.45) is 0 Å². The number of nitrogens with zero attached hydrogens (tertiary/aromatic N) is 3. The fourth-order valence-corrected chi connectivity index (χ4v) is 3.31. The average Bonchev–Trinajstić information content (AvgIpc) is 3.09. The minimum absolute atomic E-state index is 0.617. The number of anilines is 1. The van der Waals surface area contributed by atoms with Crippen LogP contribution in [-0.4, -0.2) is 27.0 Å². The summed E-state index contributed by atoms with van der Waals surface area (Å²) in [6.45, 7) is 0. The van der Waals surface area contributed by atoms with E-state index in [4.69, 9.17) is 0 Å². The van der Waals surface area contributed by atoms with Gasteiger partial charge in [0, 0.05) is 57.7 Å². The first kappa shape index (κ1) is 11.4. The number of hydrogen-bond donors (Lipinski definition) is 2. The third-order valence-corrected chi connectivity index (χ3v) is 4.39. The largest absolute Gasteiger partial charge is 0.357 e. The fraction of sp³-hybridized carbons (Fsp3) is 0.0714. The standard InChI is InChI=1S/C14H11N5S/c1-15-14-18-7-10-9(6-17-13(10)19-14)12-4-8-5-16-3-2-11(8)20-12/h2-7H,1H3,(H2,15,17,18,19). The molecule has 0 spiro atoms. The number of H-pyrrole nitrogens is 1. The quantitative estimate of drug-likeness (QED) is 0.592. The Kier molecular flexibility index (Phi) is 2.43. The summed E-state index contributed by atoms with van der Waals surface area (Å²) in [6, 6.07) is 4.19. The van der Waals surface area contributed by atoms with Crippen molar-refractivity contribution in [3.63, 3.8) is 0 Å². The number of aromatic amines is 1. The monoisotopic (exact) mass is 281 g/mol. The van der Waals surface area contributed by atoms with E-state index in [1.165, 1.54) is 9.58 Å². The van der Waals surface area contributed by atoms with Crippen molar-refractivity contribution in [1.29, 1.82) is 0 Å². The molecule has 4 rings (SSSR count). The maximum Gasteiger partial charge on any atom is 0.224 e. The second kappa shape index (κ2) is 4.28. The van der Waals surface area contributed by atoms with Crippen molar-refractivity contribution >= 4 is 38.4 Å². The molecule has 0 atom stereocenters. The second-order valence-electron chi connectivity index (χ2n) is 4.43. The molecule has 0 fully saturated rings. The van der Waals surface area contributed by atoms with E-state index in [-0.39, 0.29) is 0 Å². The second-order valence-corrected chi connectivity index (χ2v) is 5.52. The number of thiophene rings is 1. The molecule has 2 N–H and O–H groups in total. The smallest absolute Gasteiger partial charge is 0.224 e. The van der Waals surface area contributed by atoms with E-state index in [0.29, 0.717) is 5.95 Å². The lowest BCUT2D eigenvalue weighted by molar-refractivity contribution is 1.18. The summed E-state index contributed by atoms with van der Waals surface area (Å²) < 4.78 is 1.23. The van der Waals surface area contributed by atoms with Gasteiger partial charge in [-0.2, -0.15) is 4.98 Å². The highest BCUT2D eigenvalue weighted by molar-refractivity contribution is 7.22. The summed E-state index contributed by atoms with van der Waals surface area (Å²) in [7, 11) is 1.81. The van der Waals surface area contributed by atoms with Crippen LogP contribution in [0.25, 0.3) is 31.6 Å². The van der Waals surface area contributed by atoms with Crippen LogP contribution in [0.5, 0.6) is 0 Å². The summed E-state index contributed by atoms with van der Waals surface area (Å²) >= 11 is 1.75. The van der Waals surface area contributed by atoms with Gasteiger partial charge in [-0.25, -0.2) is 4.98 Å². The minimum Gasteiger partial charge on any atom is -0.357 e. The third-order valence-electron chi connectivity index (χ3n) is 3.24. The first-order chi connectivity index (χ1) is 9.85. The maximum absolute atomic E-state index is 4.41. The van der Waals surface area contributed by atoms with Crippen LogP contribution in [-0.2, 0) is 0 Å². The van der Waals surface area contributed by atoms with Gasteiger partial charge in [0.15, 0.2) is 0 Å². The van der Waals surface area contributed by atoms with Crippen molar-refractivity contribution in [1.82, 2.24) is 19.9 Å². The first-order valence-electron chi connectivity index (χ1n) is 6.21. The van der Waals surface area contributed by atoms with Gasteiger partial charge in [-0.05, 0) is 12.1 Å². The summed E-state index contributed by atoms with van der Waals surface area (Å²) in [6.07, 6.45) is 7.54. The van der Waals surface area contributed by atoms with E-state index >= 15 is 0 Å². The third kappa shape index (κ3) is 1.65. The highest BCUT2D eigenvalue weighted by Gasteiger charge is 2.11. The fourth-order valence-electron chi connectivity index (χ4n) is 2.25. The van der Waals surface area contributed by atoms with Gasteiger partial charge in [0.1, 0.15) is 5.65 Å². The van der Waals surface area contributed by atoms with Crippen LogP contribution >= 0.6 is 11.3 Å². The van der Waals surface area contributed by atoms with Crippen LogP contribution in [0.15, 0.2) is 36.9 Å². The Balaban J connectivity index is 1.93. The van der Waals surface area contributed by atoms with Crippen LogP contribution in [0.2, 0.25) is 0 Å². The predicted octanol–water partition coefficient (Wildman–Crippen LogP) is 3.28. The molecule has 0 aliphatic carbocycles. The molecule has 0 bridgehead atoms. The summed E-state index contributed by atoms with van der Waals surface area (Å²) in [5.41, 5.74) is 1.97. The van der Waals surface area contributed by atoms with E-state index in [1.807, 2.05) is 37.9 Å². The molecule has 0 aliphatic rings. The zero-order chi connectivity index (χ0) is 13.5. The highest BCUT2D eigenvalue weighted by atomic mass is 32.1. The molecule has 20 heavy (non-hydrogen) atoms. The van der Waals surface area contributed by atoms with E-state index in [2.05, 4.69) is 31.3 Å². The van der Waals surface area contributed by atoms with Gasteiger partial charge in [0.2, 0.25) is 5.95 Å². The van der Waals surface area contributed by atoms with E-state index in [0.717, 1.165) is 22.0 Å². The van der Waals surface area contributed by atoms with Crippen molar-refractivity contribution in [2.45, 2.75) is 0 Å². The molecular weight excluding hydrogens is 270 g/mol. The molecule has 4 aromatic heterocycles. The Hall–Kier alpha value is -2.47. The van der Waals surface area contributed by atoms with Crippen LogP contribution in [0, 0.1) is 0 Å². The minimum atomic E-state index is 0.617. The van der Waals surface area contributed by atoms with Gasteiger partial charge in [0.05, 0.1) is 0 Å². The van der Waals surface area contributed by atoms with Gasteiger partial charge >= 0.3 is 0 Å². The molecule has 0 radical (unpaired) electrons. The molecular formula is C14H11N5S. The molecule has 0 aromatic carbocycles. The highest BCUT2D eigenvalue weighted by Crippen LogP contribution is 2.36. The lowest BCUT2D eigenvalue weighted by Crippen LogP contribution is -1.95. The number of hydrogen-bond acceptors (Lipinski definition) is 5. The van der Waals surface area contributed by atoms with Gasteiger partial charge in [-0.3, -0.25) is 4.98 Å². The molecule has 4 aromatic rings. The Morgan fingerprint density at radius 3 is 3.10 bits per heavy atom. The molecule has 0 saturated carbocycles. The van der Waals surface area contributed by atoms with Crippen molar-refractivity contribution in [2.75, 3.05) is 12.4 Å². The number of nitrogens with one attached hydrogen (secondary N) is 2. The van der Waals surface area contributed by atoms with Crippen molar-refractivity contribution in [3.8, 4) is 10.4 Å². The summed E-state index contributed by atoms with van der Waals surface area (Å²) in [4.78, 5) is 17.3. The normalized spacial score (nSPS) is 11.2. The summed E-state index contributed by atoms with van der Waals surface area (Å²) in [5.74, 6) is 0.617. The van der Waals surface area contributed by atoms with Crippen molar-refractivity contribution in [3.05, 3.63) is 36.9 Å². The van der Waals surface area contributed by atoms with E-state index in [1.54, 1.807) is 11.3 Å². The Bertz CT molecular complexity index is 875. The zero-order valence-electron chi connectivity index (χ0n) is 10.7. The molecule has 98 valence electrons. The van der Waals surface area contributed by atoms with Crippen LogP contribution in [0.3, 0.4) is 0 Å². The van der Waals surface area contributed by atoms with Gasteiger partial charge in [-0.15, -0.1) is 11.3 Å². The molecule has 0 unspecified atom stereocenters. The van der Waals surface area contributed by atoms with Crippen molar-refractivity contribution < 1.29 is 0 Å². The Morgan fingerprint density at radius 2 is 2.25 bits per heavy atom. The maximum atomic E-state index is 4.41. The summed E-state index contributed by atoms with van der Waals surface area (Å²) in [5, 5.41) is 5.13. The number of rotatable bonds is 2. The Morgan fingerprint density at radius 1 is 1.30 bits per heavy atom. The zero-order valence-corrected chi connectivity index (χ0v) is 11.5. The number of pyridine rings is 1. The van der Waals surface area contributed by atoms with Crippen LogP contribution in [0.4, 0.5) is 5.95 Å². The average molecular weight is 281 g/mol. The van der Waals surface area contributed by atoms with Gasteiger partial charge in [0.25, 0.3) is 0 Å². The van der Waals surface area contributed by atoms with Gasteiger partial charge in [-0.1, -0.05) is 0 Å². The molecule has 0 saturated heterocycles. The molecule has 0 aliphatic heterocycles. The Labute approximate surface area is 118 Å². The number of aromatic nitrogens is 4. The van der Waals surface area contributed by atoms with E-state index in [9.17, 15) is 0 Å². The molecule has 6 heteroatoms. The van der Waals surface area contributed by atoms with E-state index < -0.39 is 0 Å². The van der Waals surface area contributed by atoms with Crippen LogP contribution < -0.4 is 5.32 Å². The predicted molar refractivity (Wildman–Crippen MR) is 82.0 cm³/mol. The lowest BCUT2D eigenvalue weighted by Gasteiger charge is -1.97. The lowest BCUT2D eigenvalue weighted by atomic mass is 10.2. The first-order valence-corrected chi connectivity index (χ1v) is 7.02. The molecule has 4 heterocycles. The number of fused-ring (bicyclic) bond motifs is 2. The SMILES string of the molecule is CNc1ncc2c(-c3cc4cnccc4s3)c[nH]c2n1. The molecule has 5 nitrogen and oxygen atoms in total. The molecule has 0 amide bonds. The van der Waals surface area contributed by atoms with Gasteiger partial charge < -0.3 is 10.3 Å². The topological polar surface area (TPSA) is 66.5 Å². The van der Waals surface area contributed by atoms with Crippen LogP contribution in [0.1, 0.15) is 0 Å².